The van der Waals surface area contributed by atoms with E-state index in [1.54, 1.807) is 13.1 Å². The van der Waals surface area contributed by atoms with Gasteiger partial charge in [0.1, 0.15) is 5.52 Å². The SMILES string of the molecule is CC=S1CCN(Cc2cc(I)c(OC(=O)CC)c3ncccc23)CC1. The molecule has 0 aliphatic carbocycles. The van der Waals surface area contributed by atoms with Crippen molar-refractivity contribution in [2.24, 2.45) is 0 Å². The van der Waals surface area contributed by atoms with Gasteiger partial charge in [0.05, 0.1) is 3.57 Å². The highest BCUT2D eigenvalue weighted by Crippen LogP contribution is 2.33. The number of carbonyl (C=O) groups excluding carboxylic acids is 1. The van der Waals surface area contributed by atoms with Crippen LogP contribution in [0.2, 0.25) is 0 Å². The van der Waals surface area contributed by atoms with E-state index in [-0.39, 0.29) is 5.97 Å². The van der Waals surface area contributed by atoms with E-state index in [1.807, 2.05) is 6.07 Å². The summed E-state index contributed by atoms with van der Waals surface area (Å²) >= 11 is 2.25. The van der Waals surface area contributed by atoms with E-state index in [1.165, 1.54) is 17.1 Å². The molecule has 6 heteroatoms. The third kappa shape index (κ3) is 4.41. The highest BCUT2D eigenvalue weighted by atomic mass is 127. The lowest BCUT2D eigenvalue weighted by Crippen LogP contribution is -2.33. The molecule has 25 heavy (non-hydrogen) atoms. The molecule has 134 valence electrons. The Hall–Kier alpha value is -0.990. The number of hydrogen-bond acceptors (Lipinski definition) is 4. The number of halogens is 1. The fourth-order valence-corrected chi connectivity index (χ4v) is 5.41. The van der Waals surface area contributed by atoms with Crippen molar-refractivity contribution >= 4 is 55.3 Å². The summed E-state index contributed by atoms with van der Waals surface area (Å²) in [7, 11) is 0.489. The Kier molecular flexibility index (Phi) is 6.46. The van der Waals surface area contributed by atoms with Crippen molar-refractivity contribution in [2.45, 2.75) is 26.8 Å². The van der Waals surface area contributed by atoms with Gasteiger partial charge in [-0.3, -0.25) is 14.7 Å². The van der Waals surface area contributed by atoms with Gasteiger partial charge in [0, 0.05) is 49.1 Å². The molecule has 0 amide bonds. The summed E-state index contributed by atoms with van der Waals surface area (Å²) in [5.74, 6) is 2.88. The molecule has 0 spiro atoms. The van der Waals surface area contributed by atoms with Crippen molar-refractivity contribution in [1.29, 1.82) is 0 Å². The fourth-order valence-electron chi connectivity index (χ4n) is 3.01. The number of pyridine rings is 1. The van der Waals surface area contributed by atoms with Crippen LogP contribution in [0.1, 0.15) is 25.8 Å². The summed E-state index contributed by atoms with van der Waals surface area (Å²) in [6.45, 7) is 7.17. The molecule has 3 rings (SSSR count). The first kappa shape index (κ1) is 18.8. The van der Waals surface area contributed by atoms with Gasteiger partial charge in [-0.2, -0.15) is 10.5 Å². The van der Waals surface area contributed by atoms with Gasteiger partial charge in [-0.05, 0) is 47.2 Å². The minimum Gasteiger partial charge on any atom is -0.423 e. The highest BCUT2D eigenvalue weighted by molar-refractivity contribution is 14.1. The van der Waals surface area contributed by atoms with Gasteiger partial charge >= 0.3 is 5.97 Å². The molecule has 4 nitrogen and oxygen atoms in total. The second-order valence-corrected chi connectivity index (χ2v) is 9.56. The molecule has 1 aliphatic rings. The Bertz CT molecular complexity index is 812. The molecular formula is C19H23IN2O2S. The molecule has 1 aromatic carbocycles. The number of hydrogen-bond donors (Lipinski definition) is 0. The number of carbonyl (C=O) groups is 1. The summed E-state index contributed by atoms with van der Waals surface area (Å²) in [4.78, 5) is 18.8. The Balaban J connectivity index is 1.92. The monoisotopic (exact) mass is 470 g/mol. The summed E-state index contributed by atoms with van der Waals surface area (Å²) in [5.41, 5.74) is 2.04. The zero-order chi connectivity index (χ0) is 17.8. The summed E-state index contributed by atoms with van der Waals surface area (Å²) in [6, 6.07) is 6.16. The van der Waals surface area contributed by atoms with Crippen LogP contribution in [0, 0.1) is 3.57 Å². The van der Waals surface area contributed by atoms with Crippen LogP contribution in [-0.4, -0.2) is 45.8 Å². The standard InChI is InChI=1S/C19H23IN2O2S/c1-3-17(23)24-19-16(20)12-14(15-6-5-7-21-18(15)19)13-22-8-10-25(4-2)11-9-22/h4-7,12H,3,8-11,13H2,1-2H3. The molecule has 0 atom stereocenters. The van der Waals surface area contributed by atoms with Gasteiger partial charge in [0.15, 0.2) is 5.75 Å². The minimum absolute atomic E-state index is 0.225. The Morgan fingerprint density at radius 3 is 2.88 bits per heavy atom. The largest absolute Gasteiger partial charge is 0.423 e. The first-order valence-corrected chi connectivity index (χ1v) is 11.3. The molecule has 1 aliphatic heterocycles. The van der Waals surface area contributed by atoms with E-state index in [4.69, 9.17) is 4.74 Å². The van der Waals surface area contributed by atoms with Crippen LogP contribution >= 0.6 is 33.1 Å². The van der Waals surface area contributed by atoms with Gasteiger partial charge in [0.2, 0.25) is 0 Å². The first-order chi connectivity index (χ1) is 12.1. The van der Waals surface area contributed by atoms with Gasteiger partial charge in [-0.1, -0.05) is 18.4 Å². The second-order valence-electron chi connectivity index (χ2n) is 6.03. The van der Waals surface area contributed by atoms with Crippen LogP contribution in [0.25, 0.3) is 10.9 Å². The van der Waals surface area contributed by atoms with Crippen molar-refractivity contribution in [3.05, 3.63) is 33.5 Å². The number of nitrogens with zero attached hydrogens (tertiary/aromatic N) is 2. The fraction of sp³-hybridized carbons (Fsp3) is 0.421. The summed E-state index contributed by atoms with van der Waals surface area (Å²) in [6.07, 6.45) is 2.12. The minimum atomic E-state index is -0.225. The maximum Gasteiger partial charge on any atom is 0.311 e. The van der Waals surface area contributed by atoms with E-state index in [9.17, 15) is 4.79 Å². The molecule has 1 fully saturated rings. The summed E-state index contributed by atoms with van der Waals surface area (Å²) in [5, 5.41) is 3.43. The van der Waals surface area contributed by atoms with Crippen molar-refractivity contribution in [3.63, 3.8) is 0 Å². The molecule has 0 saturated carbocycles. The number of rotatable bonds is 4. The third-order valence-electron chi connectivity index (χ3n) is 4.46. The van der Waals surface area contributed by atoms with Gasteiger partial charge in [0.25, 0.3) is 0 Å². The zero-order valence-electron chi connectivity index (χ0n) is 14.6. The predicted molar refractivity (Wildman–Crippen MR) is 115 cm³/mol. The smallest absolute Gasteiger partial charge is 0.311 e. The van der Waals surface area contributed by atoms with Crippen LogP contribution in [0.4, 0.5) is 0 Å². The number of esters is 1. The van der Waals surface area contributed by atoms with E-state index >= 15 is 0 Å². The third-order valence-corrected chi connectivity index (χ3v) is 7.34. The average molecular weight is 470 g/mol. The van der Waals surface area contributed by atoms with Crippen molar-refractivity contribution < 1.29 is 9.53 Å². The molecule has 0 unspecified atom stereocenters. The van der Waals surface area contributed by atoms with E-state index < -0.39 is 0 Å². The Labute approximate surface area is 165 Å². The lowest BCUT2D eigenvalue weighted by Gasteiger charge is -2.29. The van der Waals surface area contributed by atoms with E-state index in [2.05, 4.69) is 56.9 Å². The number of aromatic nitrogens is 1. The Morgan fingerprint density at radius 2 is 2.20 bits per heavy atom. The van der Waals surface area contributed by atoms with Crippen LogP contribution < -0.4 is 4.74 Å². The average Bonchev–Trinajstić information content (AvgIpc) is 2.65. The molecule has 2 heterocycles. The lowest BCUT2D eigenvalue weighted by atomic mass is 10.1. The maximum absolute atomic E-state index is 11.8. The van der Waals surface area contributed by atoms with Crippen molar-refractivity contribution in [1.82, 2.24) is 9.88 Å². The first-order valence-electron chi connectivity index (χ1n) is 8.57. The molecule has 0 bridgehead atoms. The van der Waals surface area contributed by atoms with Gasteiger partial charge in [-0.25, -0.2) is 0 Å². The Morgan fingerprint density at radius 1 is 1.44 bits per heavy atom. The normalized spacial score (nSPS) is 16.1. The molecule has 1 saturated heterocycles. The van der Waals surface area contributed by atoms with Crippen LogP contribution in [-0.2, 0) is 11.3 Å². The van der Waals surface area contributed by atoms with Crippen LogP contribution in [0.3, 0.4) is 0 Å². The highest BCUT2D eigenvalue weighted by Gasteiger charge is 2.18. The maximum atomic E-state index is 11.8. The van der Waals surface area contributed by atoms with Crippen molar-refractivity contribution in [3.8, 4) is 5.75 Å². The number of fused-ring (bicyclic) bond motifs is 1. The summed E-state index contributed by atoms with van der Waals surface area (Å²) < 4.78 is 6.50. The van der Waals surface area contributed by atoms with Gasteiger partial charge < -0.3 is 4.74 Å². The molecule has 0 N–H and O–H groups in total. The van der Waals surface area contributed by atoms with Gasteiger partial charge in [-0.15, -0.1) is 0 Å². The molecule has 0 radical (unpaired) electrons. The van der Waals surface area contributed by atoms with Crippen LogP contribution in [0.15, 0.2) is 24.4 Å². The topological polar surface area (TPSA) is 42.4 Å². The molecule has 1 aromatic heterocycles. The lowest BCUT2D eigenvalue weighted by molar-refractivity contribution is -0.133. The number of ether oxygens (including phenoxy) is 1. The van der Waals surface area contributed by atoms with Crippen LogP contribution in [0.5, 0.6) is 5.75 Å². The van der Waals surface area contributed by atoms with Crippen molar-refractivity contribution in [2.75, 3.05) is 24.6 Å². The molecule has 2 aromatic rings. The quantitative estimate of drug-likeness (QED) is 0.293. The predicted octanol–water partition coefficient (Wildman–Crippen LogP) is 4.06. The second kappa shape index (κ2) is 8.60. The van der Waals surface area contributed by atoms with E-state index in [0.29, 0.717) is 22.7 Å². The number of benzene rings is 1. The van der Waals surface area contributed by atoms with E-state index in [0.717, 1.165) is 34.1 Å². The molecular weight excluding hydrogens is 447 g/mol. The zero-order valence-corrected chi connectivity index (χ0v) is 17.6.